The number of hydrogen-bond acceptors (Lipinski definition) is 7. The summed E-state index contributed by atoms with van der Waals surface area (Å²) < 4.78 is 21.8. The molecular weight excluding hydrogens is 457 g/mol. The van der Waals surface area contributed by atoms with Gasteiger partial charge in [-0.2, -0.15) is 4.98 Å². The molecule has 1 atom stereocenters. The molecule has 2 rings (SSSR count). The highest BCUT2D eigenvalue weighted by Crippen LogP contribution is 2.20. The molecule has 0 aliphatic carbocycles. The highest BCUT2D eigenvalue weighted by Gasteiger charge is 2.10. The number of carbonyl (C=O) groups excluding carboxylic acids is 1. The molecule has 0 aliphatic rings. The van der Waals surface area contributed by atoms with Crippen LogP contribution in [0.25, 0.3) is 0 Å². The summed E-state index contributed by atoms with van der Waals surface area (Å²) in [6, 6.07) is 6.72. The molecule has 2 aromatic rings. The Kier molecular flexibility index (Phi) is 6.53. The molecular formula is C15H18IN5O3S. The Morgan fingerprint density at radius 2 is 2.04 bits per heavy atom. The van der Waals surface area contributed by atoms with E-state index in [-0.39, 0.29) is 6.61 Å². The lowest BCUT2D eigenvalue weighted by Gasteiger charge is -2.09. The molecule has 0 fully saturated rings. The number of anilines is 3. The van der Waals surface area contributed by atoms with Gasteiger partial charge < -0.3 is 15.4 Å². The van der Waals surface area contributed by atoms with E-state index in [2.05, 4.69) is 47.6 Å². The summed E-state index contributed by atoms with van der Waals surface area (Å²) in [5, 5.41) is 6.05. The summed E-state index contributed by atoms with van der Waals surface area (Å²) in [7, 11) is -1.07. The van der Waals surface area contributed by atoms with Crippen LogP contribution in [0.3, 0.4) is 0 Å². The van der Waals surface area contributed by atoms with Crippen molar-refractivity contribution in [3.63, 3.8) is 0 Å². The van der Waals surface area contributed by atoms with Crippen LogP contribution in [0.15, 0.2) is 39.7 Å². The predicted octanol–water partition coefficient (Wildman–Crippen LogP) is 3.48. The van der Waals surface area contributed by atoms with Crippen molar-refractivity contribution >= 4 is 55.9 Å². The van der Waals surface area contributed by atoms with Crippen molar-refractivity contribution in [3.05, 3.63) is 34.0 Å². The second-order valence-corrected chi connectivity index (χ2v) is 8.30. The normalized spacial score (nSPS) is 12.8. The Balaban J connectivity index is 2.20. The molecule has 1 heterocycles. The number of benzene rings is 1. The summed E-state index contributed by atoms with van der Waals surface area (Å²) in [6.45, 7) is 1.85. The van der Waals surface area contributed by atoms with Crippen molar-refractivity contribution in [2.24, 2.45) is 4.36 Å². The van der Waals surface area contributed by atoms with Gasteiger partial charge in [0.15, 0.2) is 0 Å². The maximum atomic E-state index is 12.5. The van der Waals surface area contributed by atoms with Crippen molar-refractivity contribution in [2.75, 3.05) is 30.5 Å². The Morgan fingerprint density at radius 3 is 2.64 bits per heavy atom. The first-order valence-corrected chi connectivity index (χ1v) is 10.3. The van der Waals surface area contributed by atoms with Gasteiger partial charge in [0.25, 0.3) is 0 Å². The standard InChI is InChI=1S/C15H18IN5O3S/c1-4-24-15(22)21-25(3,23)11-7-5-10(6-8-11)19-14-18-9-12(16)13(17-2)20-14/h5-9H,4H2,1-3H3,(H2,17,18,19,20). The van der Waals surface area contributed by atoms with E-state index < -0.39 is 15.8 Å². The SMILES string of the molecule is CCOC(=O)N=S(C)(=O)c1ccc(Nc2ncc(I)c(NC)n2)cc1. The van der Waals surface area contributed by atoms with E-state index in [1.807, 2.05) is 0 Å². The van der Waals surface area contributed by atoms with Gasteiger partial charge in [0.05, 0.1) is 19.9 Å². The van der Waals surface area contributed by atoms with E-state index in [9.17, 15) is 9.00 Å². The molecule has 134 valence electrons. The number of nitrogens with zero attached hydrogens (tertiary/aromatic N) is 3. The average molecular weight is 475 g/mol. The van der Waals surface area contributed by atoms with Gasteiger partial charge in [-0.15, -0.1) is 4.36 Å². The molecule has 0 bridgehead atoms. The zero-order valence-electron chi connectivity index (χ0n) is 13.9. The maximum Gasteiger partial charge on any atom is 0.442 e. The van der Waals surface area contributed by atoms with Gasteiger partial charge in [-0.1, -0.05) is 0 Å². The van der Waals surface area contributed by atoms with Gasteiger partial charge in [-0.25, -0.2) is 14.0 Å². The van der Waals surface area contributed by atoms with E-state index in [1.54, 1.807) is 44.4 Å². The van der Waals surface area contributed by atoms with Gasteiger partial charge in [0.2, 0.25) is 5.95 Å². The van der Waals surface area contributed by atoms with Crippen molar-refractivity contribution in [1.82, 2.24) is 9.97 Å². The monoisotopic (exact) mass is 475 g/mol. The van der Waals surface area contributed by atoms with Gasteiger partial charge in [-0.05, 0) is 53.8 Å². The van der Waals surface area contributed by atoms with Crippen LogP contribution in [0, 0.1) is 3.57 Å². The summed E-state index contributed by atoms with van der Waals surface area (Å²) in [5.74, 6) is 1.16. The van der Waals surface area contributed by atoms with Crippen LogP contribution in [0.4, 0.5) is 22.2 Å². The lowest BCUT2D eigenvalue weighted by atomic mass is 10.3. The second-order valence-electron chi connectivity index (χ2n) is 4.88. The number of amides is 1. The number of nitrogens with one attached hydrogen (secondary N) is 2. The van der Waals surface area contributed by atoms with Crippen LogP contribution in [-0.2, 0) is 14.5 Å². The first-order valence-electron chi connectivity index (χ1n) is 7.32. The summed E-state index contributed by atoms with van der Waals surface area (Å²) in [6.07, 6.45) is 2.27. The van der Waals surface area contributed by atoms with Crippen LogP contribution in [0.2, 0.25) is 0 Å². The van der Waals surface area contributed by atoms with Gasteiger partial charge in [-0.3, -0.25) is 0 Å². The van der Waals surface area contributed by atoms with E-state index in [1.165, 1.54) is 6.26 Å². The molecule has 25 heavy (non-hydrogen) atoms. The van der Waals surface area contributed by atoms with Gasteiger partial charge >= 0.3 is 6.09 Å². The van der Waals surface area contributed by atoms with Crippen LogP contribution >= 0.6 is 22.6 Å². The lowest BCUT2D eigenvalue weighted by molar-refractivity contribution is 0.164. The van der Waals surface area contributed by atoms with Crippen LogP contribution in [0.5, 0.6) is 0 Å². The Bertz CT molecular complexity index is 879. The Labute approximate surface area is 160 Å². The molecule has 10 heteroatoms. The fourth-order valence-electron chi connectivity index (χ4n) is 1.87. The first kappa shape index (κ1) is 19.4. The van der Waals surface area contributed by atoms with E-state index in [0.717, 1.165) is 15.1 Å². The number of aromatic nitrogens is 2. The highest BCUT2D eigenvalue weighted by molar-refractivity contribution is 14.1. The van der Waals surface area contributed by atoms with E-state index >= 15 is 0 Å². The molecule has 0 spiro atoms. The molecule has 0 saturated heterocycles. The third-order valence-electron chi connectivity index (χ3n) is 3.05. The third-order valence-corrected chi connectivity index (χ3v) is 5.48. The molecule has 2 N–H and O–H groups in total. The number of carbonyl (C=O) groups is 1. The zero-order chi connectivity index (χ0) is 18.4. The number of ether oxygens (including phenoxy) is 1. The molecule has 0 aliphatic heterocycles. The lowest BCUT2D eigenvalue weighted by Crippen LogP contribution is -2.05. The number of rotatable bonds is 5. The maximum absolute atomic E-state index is 12.5. The van der Waals surface area contributed by atoms with Crippen molar-refractivity contribution in [1.29, 1.82) is 0 Å². The third kappa shape index (κ3) is 5.26. The number of halogens is 1. The van der Waals surface area contributed by atoms with Crippen LogP contribution < -0.4 is 10.6 Å². The quantitative estimate of drug-likeness (QED) is 0.638. The summed E-state index contributed by atoms with van der Waals surface area (Å²) >= 11 is 2.14. The van der Waals surface area contributed by atoms with Gasteiger partial charge in [0, 0.05) is 30.1 Å². The molecule has 0 radical (unpaired) electrons. The molecule has 1 aromatic carbocycles. The smallest absolute Gasteiger partial charge is 0.442 e. The molecule has 1 aromatic heterocycles. The summed E-state index contributed by atoms with van der Waals surface area (Å²) in [5.41, 5.74) is 0.721. The molecule has 1 unspecified atom stereocenters. The minimum Gasteiger partial charge on any atom is -0.448 e. The number of hydrogen-bond donors (Lipinski definition) is 2. The zero-order valence-corrected chi connectivity index (χ0v) is 16.9. The largest absolute Gasteiger partial charge is 0.448 e. The average Bonchev–Trinajstić information content (AvgIpc) is 2.57. The first-order chi connectivity index (χ1) is 11.9. The van der Waals surface area contributed by atoms with Gasteiger partial charge in [0.1, 0.15) is 5.82 Å². The molecule has 1 amide bonds. The fraction of sp³-hybridized carbons (Fsp3) is 0.267. The summed E-state index contributed by atoms with van der Waals surface area (Å²) in [4.78, 5) is 20.4. The van der Waals surface area contributed by atoms with Crippen LogP contribution in [-0.4, -0.2) is 40.2 Å². The van der Waals surface area contributed by atoms with Crippen molar-refractivity contribution < 1.29 is 13.7 Å². The molecule has 8 nitrogen and oxygen atoms in total. The Hall–Kier alpha value is -1.95. The minimum absolute atomic E-state index is 0.186. The van der Waals surface area contributed by atoms with Crippen molar-refractivity contribution in [3.8, 4) is 0 Å². The van der Waals surface area contributed by atoms with Crippen LogP contribution in [0.1, 0.15) is 6.92 Å². The van der Waals surface area contributed by atoms with E-state index in [0.29, 0.717) is 10.8 Å². The second kappa shape index (κ2) is 8.43. The predicted molar refractivity (Wildman–Crippen MR) is 106 cm³/mol. The Morgan fingerprint density at radius 1 is 1.36 bits per heavy atom. The molecule has 0 saturated carbocycles. The minimum atomic E-state index is -2.86. The fourth-order valence-corrected chi connectivity index (χ4v) is 3.48. The van der Waals surface area contributed by atoms with E-state index in [4.69, 9.17) is 4.74 Å². The highest BCUT2D eigenvalue weighted by atomic mass is 127. The topological polar surface area (TPSA) is 106 Å². The van der Waals surface area contributed by atoms with Crippen molar-refractivity contribution in [2.45, 2.75) is 11.8 Å².